The highest BCUT2D eigenvalue weighted by molar-refractivity contribution is 5.78. The summed E-state index contributed by atoms with van der Waals surface area (Å²) in [6, 6.07) is 12.3. The molecule has 1 aromatic carbocycles. The van der Waals surface area contributed by atoms with E-state index < -0.39 is 0 Å². The molecule has 0 radical (unpaired) electrons. The summed E-state index contributed by atoms with van der Waals surface area (Å²) in [4.78, 5) is 16.7. The maximum atomic E-state index is 12.6. The number of piperidine rings is 1. The normalized spacial score (nSPS) is 17.6. The van der Waals surface area contributed by atoms with Crippen molar-refractivity contribution in [2.75, 3.05) is 26.7 Å². The lowest BCUT2D eigenvalue weighted by Crippen LogP contribution is -2.42. The van der Waals surface area contributed by atoms with Crippen molar-refractivity contribution >= 4 is 5.91 Å². The van der Waals surface area contributed by atoms with E-state index in [1.54, 1.807) is 0 Å². The van der Waals surface area contributed by atoms with E-state index in [4.69, 9.17) is 0 Å². The maximum absolute atomic E-state index is 12.6. The van der Waals surface area contributed by atoms with Gasteiger partial charge >= 0.3 is 0 Å². The zero-order valence-corrected chi connectivity index (χ0v) is 14.5. The molecule has 24 heavy (non-hydrogen) atoms. The Kier molecular flexibility index (Phi) is 5.30. The van der Waals surface area contributed by atoms with Crippen LogP contribution in [0.25, 0.3) is 0 Å². The predicted octanol–water partition coefficient (Wildman–Crippen LogP) is 2.81. The van der Waals surface area contributed by atoms with Gasteiger partial charge in [0.15, 0.2) is 0 Å². The average molecular weight is 326 g/mol. The molecule has 1 N–H and O–H groups in total. The van der Waals surface area contributed by atoms with Crippen LogP contribution in [0, 0.1) is 0 Å². The van der Waals surface area contributed by atoms with Crippen LogP contribution >= 0.6 is 0 Å². The second kappa shape index (κ2) is 7.62. The number of nitrogens with one attached hydrogen (secondary N) is 1. The minimum absolute atomic E-state index is 0.0984. The molecule has 5 heteroatoms. The van der Waals surface area contributed by atoms with E-state index in [1.807, 2.05) is 36.3 Å². The molecule has 1 aliphatic heterocycles. The lowest BCUT2D eigenvalue weighted by atomic mass is 9.94. The number of likely N-dealkylation sites (N-methyl/N-ethyl adjacent to an activating group) is 1. The fourth-order valence-electron chi connectivity index (χ4n) is 3.37. The van der Waals surface area contributed by atoms with E-state index >= 15 is 0 Å². The van der Waals surface area contributed by atoms with Crippen LogP contribution in [0.15, 0.2) is 42.6 Å². The Hall–Kier alpha value is -2.14. The number of hydrogen-bond donors (Lipinski definition) is 1. The summed E-state index contributed by atoms with van der Waals surface area (Å²) in [6.45, 7) is 4.51. The standard InChI is InChI=1S/C19H26N4O/c1-15(16-6-4-3-5-7-16)22(2)19(24)14-23-12-9-17(10-13-23)18-8-11-20-21-18/h3-8,11,15,17H,9-10,12-14H2,1-2H3,(H,20,21). The van der Waals surface area contributed by atoms with Gasteiger partial charge in [0.2, 0.25) is 5.91 Å². The maximum Gasteiger partial charge on any atom is 0.236 e. The van der Waals surface area contributed by atoms with E-state index in [0.717, 1.165) is 25.9 Å². The van der Waals surface area contributed by atoms with Gasteiger partial charge < -0.3 is 4.90 Å². The van der Waals surface area contributed by atoms with Gasteiger partial charge in [0, 0.05) is 24.9 Å². The van der Waals surface area contributed by atoms with Crippen molar-refractivity contribution < 1.29 is 4.79 Å². The third-order valence-electron chi connectivity index (χ3n) is 5.16. The Morgan fingerprint density at radius 2 is 2.00 bits per heavy atom. The van der Waals surface area contributed by atoms with Gasteiger partial charge in [-0.1, -0.05) is 30.3 Å². The summed E-state index contributed by atoms with van der Waals surface area (Å²) < 4.78 is 0. The first kappa shape index (κ1) is 16.7. The molecule has 5 nitrogen and oxygen atoms in total. The van der Waals surface area contributed by atoms with Crippen molar-refractivity contribution in [1.29, 1.82) is 0 Å². The SMILES string of the molecule is CC(c1ccccc1)N(C)C(=O)CN1CCC(c2ccn[nH]2)CC1. The number of benzene rings is 1. The van der Waals surface area contributed by atoms with Crippen LogP contribution in [0.2, 0.25) is 0 Å². The Bertz CT molecular complexity index is 633. The lowest BCUT2D eigenvalue weighted by Gasteiger charge is -2.33. The van der Waals surface area contributed by atoms with E-state index in [-0.39, 0.29) is 11.9 Å². The van der Waals surface area contributed by atoms with Gasteiger partial charge in [-0.05, 0) is 44.5 Å². The van der Waals surface area contributed by atoms with Crippen LogP contribution in [-0.4, -0.2) is 52.6 Å². The van der Waals surface area contributed by atoms with Crippen molar-refractivity contribution in [3.8, 4) is 0 Å². The number of nitrogens with zero attached hydrogens (tertiary/aromatic N) is 3. The van der Waals surface area contributed by atoms with Crippen LogP contribution < -0.4 is 0 Å². The van der Waals surface area contributed by atoms with Gasteiger partial charge in [-0.15, -0.1) is 0 Å². The van der Waals surface area contributed by atoms with Crippen LogP contribution in [-0.2, 0) is 4.79 Å². The van der Waals surface area contributed by atoms with Crippen molar-refractivity contribution in [3.63, 3.8) is 0 Å². The number of H-pyrrole nitrogens is 1. The molecular weight excluding hydrogens is 300 g/mol. The fraction of sp³-hybridized carbons (Fsp3) is 0.474. The topological polar surface area (TPSA) is 52.2 Å². The Morgan fingerprint density at radius 1 is 1.29 bits per heavy atom. The van der Waals surface area contributed by atoms with Crippen LogP contribution in [0.4, 0.5) is 0 Å². The van der Waals surface area contributed by atoms with Crippen molar-refractivity contribution in [1.82, 2.24) is 20.0 Å². The zero-order valence-electron chi connectivity index (χ0n) is 14.5. The Morgan fingerprint density at radius 3 is 2.62 bits per heavy atom. The van der Waals surface area contributed by atoms with Gasteiger partial charge in [-0.2, -0.15) is 5.10 Å². The predicted molar refractivity (Wildman–Crippen MR) is 94.6 cm³/mol. The highest BCUT2D eigenvalue weighted by Crippen LogP contribution is 2.26. The Labute approximate surface area is 143 Å². The molecule has 128 valence electrons. The first-order valence-electron chi connectivity index (χ1n) is 8.67. The van der Waals surface area contributed by atoms with Gasteiger partial charge in [-0.3, -0.25) is 14.8 Å². The molecule has 1 saturated heterocycles. The van der Waals surface area contributed by atoms with Crippen LogP contribution in [0.5, 0.6) is 0 Å². The summed E-state index contributed by atoms with van der Waals surface area (Å²) >= 11 is 0. The molecule has 1 atom stereocenters. The van der Waals surface area contributed by atoms with Crippen LogP contribution in [0.3, 0.4) is 0 Å². The summed E-state index contributed by atoms with van der Waals surface area (Å²) in [5.41, 5.74) is 2.39. The Balaban J connectivity index is 1.50. The first-order valence-corrected chi connectivity index (χ1v) is 8.67. The highest BCUT2D eigenvalue weighted by atomic mass is 16.2. The minimum Gasteiger partial charge on any atom is -0.338 e. The number of carbonyl (C=O) groups excluding carboxylic acids is 1. The zero-order chi connectivity index (χ0) is 16.9. The van der Waals surface area contributed by atoms with Gasteiger partial charge in [-0.25, -0.2) is 0 Å². The molecule has 0 spiro atoms. The number of hydrogen-bond acceptors (Lipinski definition) is 3. The molecule has 0 saturated carbocycles. The molecule has 2 aromatic rings. The second-order valence-corrected chi connectivity index (χ2v) is 6.65. The van der Waals surface area contributed by atoms with Crippen molar-refractivity contribution in [2.45, 2.75) is 31.7 Å². The monoisotopic (exact) mass is 326 g/mol. The number of likely N-dealkylation sites (tertiary alicyclic amines) is 1. The summed E-state index contributed by atoms with van der Waals surface area (Å²) in [6.07, 6.45) is 3.96. The number of amides is 1. The minimum atomic E-state index is 0.0984. The summed E-state index contributed by atoms with van der Waals surface area (Å²) in [5.74, 6) is 0.728. The van der Waals surface area contributed by atoms with Gasteiger partial charge in [0.1, 0.15) is 0 Å². The van der Waals surface area contributed by atoms with Crippen molar-refractivity contribution in [3.05, 3.63) is 53.9 Å². The molecule has 3 rings (SSSR count). The summed E-state index contributed by atoms with van der Waals surface area (Å²) in [7, 11) is 1.90. The molecule has 1 unspecified atom stereocenters. The molecular formula is C19H26N4O. The largest absolute Gasteiger partial charge is 0.338 e. The second-order valence-electron chi connectivity index (χ2n) is 6.65. The van der Waals surface area contributed by atoms with Gasteiger partial charge in [0.05, 0.1) is 12.6 Å². The van der Waals surface area contributed by atoms with Crippen molar-refractivity contribution in [2.24, 2.45) is 0 Å². The van der Waals surface area contributed by atoms with E-state index in [2.05, 4.69) is 40.2 Å². The first-order chi connectivity index (χ1) is 11.6. The molecule has 1 aromatic heterocycles. The molecule has 1 aliphatic rings. The molecule has 0 bridgehead atoms. The smallest absolute Gasteiger partial charge is 0.236 e. The molecule has 1 amide bonds. The average Bonchev–Trinajstić information content (AvgIpc) is 3.16. The van der Waals surface area contributed by atoms with Gasteiger partial charge in [0.25, 0.3) is 0 Å². The fourth-order valence-corrected chi connectivity index (χ4v) is 3.37. The molecule has 0 aliphatic carbocycles. The number of aromatic nitrogens is 2. The number of carbonyl (C=O) groups is 1. The quantitative estimate of drug-likeness (QED) is 0.919. The van der Waals surface area contributed by atoms with Crippen LogP contribution in [0.1, 0.15) is 43.0 Å². The third-order valence-corrected chi connectivity index (χ3v) is 5.16. The number of aromatic amines is 1. The third kappa shape index (κ3) is 3.85. The lowest BCUT2D eigenvalue weighted by molar-refractivity contribution is -0.133. The van der Waals surface area contributed by atoms with E-state index in [0.29, 0.717) is 12.5 Å². The molecule has 1 fully saturated rings. The highest BCUT2D eigenvalue weighted by Gasteiger charge is 2.25. The van der Waals surface area contributed by atoms with E-state index in [1.165, 1.54) is 11.3 Å². The summed E-state index contributed by atoms with van der Waals surface area (Å²) in [5, 5.41) is 7.11. The number of rotatable bonds is 5. The molecule has 2 heterocycles. The van der Waals surface area contributed by atoms with E-state index in [9.17, 15) is 4.79 Å².